The Balaban J connectivity index is 1.49. The largest absolute Gasteiger partial charge is 0.374 e. The SMILES string of the molecule is Cn1cccc1C(=O)NC[C@H]1CN(C2CC2)CCO1. The van der Waals surface area contributed by atoms with Crippen molar-refractivity contribution in [2.45, 2.75) is 25.0 Å². The second kappa shape index (κ2) is 5.35. The van der Waals surface area contributed by atoms with Gasteiger partial charge >= 0.3 is 0 Å². The van der Waals surface area contributed by atoms with Crippen LogP contribution in [0.3, 0.4) is 0 Å². The number of aromatic nitrogens is 1. The lowest BCUT2D eigenvalue weighted by molar-refractivity contribution is -0.0293. The summed E-state index contributed by atoms with van der Waals surface area (Å²) in [5.74, 6) is -0.0281. The molecule has 2 aliphatic rings. The zero-order valence-corrected chi connectivity index (χ0v) is 11.3. The summed E-state index contributed by atoms with van der Waals surface area (Å²) in [6.07, 6.45) is 4.64. The Kier molecular flexibility index (Phi) is 3.57. The summed E-state index contributed by atoms with van der Waals surface area (Å²) in [5.41, 5.74) is 0.690. The molecule has 2 heterocycles. The summed E-state index contributed by atoms with van der Waals surface area (Å²) < 4.78 is 7.55. The van der Waals surface area contributed by atoms with Gasteiger partial charge in [-0.1, -0.05) is 0 Å². The van der Waals surface area contributed by atoms with Crippen molar-refractivity contribution >= 4 is 5.91 Å². The standard InChI is InChI=1S/C14H21N3O2/c1-16-6-2-3-13(16)14(18)15-9-12-10-17(7-8-19-12)11-4-5-11/h2-3,6,11-12H,4-5,7-10H2,1H3,(H,15,18)/t12-/m0/s1. The first kappa shape index (κ1) is 12.7. The van der Waals surface area contributed by atoms with E-state index in [0.29, 0.717) is 12.2 Å². The number of rotatable bonds is 4. The first-order valence-corrected chi connectivity index (χ1v) is 6.99. The Morgan fingerprint density at radius 3 is 3.05 bits per heavy atom. The highest BCUT2D eigenvalue weighted by Gasteiger charge is 2.32. The van der Waals surface area contributed by atoms with Crippen LogP contribution in [0.25, 0.3) is 0 Å². The van der Waals surface area contributed by atoms with Gasteiger partial charge in [0.2, 0.25) is 0 Å². The van der Waals surface area contributed by atoms with Crippen LogP contribution in [0.5, 0.6) is 0 Å². The molecule has 1 atom stereocenters. The van der Waals surface area contributed by atoms with E-state index in [-0.39, 0.29) is 12.0 Å². The first-order chi connectivity index (χ1) is 9.24. The maximum absolute atomic E-state index is 12.0. The second-order valence-electron chi connectivity index (χ2n) is 5.43. The molecule has 1 saturated carbocycles. The highest BCUT2D eigenvalue weighted by Crippen LogP contribution is 2.28. The third-order valence-electron chi connectivity index (χ3n) is 3.90. The lowest BCUT2D eigenvalue weighted by atomic mass is 10.2. The Morgan fingerprint density at radius 1 is 1.53 bits per heavy atom. The van der Waals surface area contributed by atoms with Crippen LogP contribution in [0, 0.1) is 0 Å². The van der Waals surface area contributed by atoms with Crippen LogP contribution in [-0.2, 0) is 11.8 Å². The van der Waals surface area contributed by atoms with Crippen molar-refractivity contribution in [1.29, 1.82) is 0 Å². The van der Waals surface area contributed by atoms with Gasteiger partial charge in [-0.05, 0) is 25.0 Å². The lowest BCUT2D eigenvalue weighted by Crippen LogP contribution is -2.48. The first-order valence-electron chi connectivity index (χ1n) is 6.99. The summed E-state index contributed by atoms with van der Waals surface area (Å²) in [5, 5.41) is 2.96. The second-order valence-corrected chi connectivity index (χ2v) is 5.43. The Hall–Kier alpha value is -1.33. The van der Waals surface area contributed by atoms with Crippen LogP contribution in [0.15, 0.2) is 18.3 Å². The predicted molar refractivity (Wildman–Crippen MR) is 72.1 cm³/mol. The molecule has 0 spiro atoms. The number of amides is 1. The molecule has 0 bridgehead atoms. The predicted octanol–water partition coefficient (Wildman–Crippen LogP) is 0.618. The Morgan fingerprint density at radius 2 is 2.37 bits per heavy atom. The number of carbonyl (C=O) groups excluding carboxylic acids is 1. The van der Waals surface area contributed by atoms with Crippen molar-refractivity contribution in [3.63, 3.8) is 0 Å². The Labute approximate surface area is 113 Å². The molecule has 5 heteroatoms. The summed E-state index contributed by atoms with van der Waals surface area (Å²) >= 11 is 0. The molecule has 19 heavy (non-hydrogen) atoms. The van der Waals surface area contributed by atoms with E-state index in [1.165, 1.54) is 12.8 Å². The van der Waals surface area contributed by atoms with Gasteiger partial charge in [-0.25, -0.2) is 0 Å². The summed E-state index contributed by atoms with van der Waals surface area (Å²) in [4.78, 5) is 14.5. The average Bonchev–Trinajstić information content (AvgIpc) is 3.19. The molecule has 1 aliphatic carbocycles. The maximum atomic E-state index is 12.0. The zero-order chi connectivity index (χ0) is 13.2. The van der Waals surface area contributed by atoms with Gasteiger partial charge in [-0.2, -0.15) is 0 Å². The molecular formula is C14H21N3O2. The van der Waals surface area contributed by atoms with Gasteiger partial charge in [-0.3, -0.25) is 9.69 Å². The number of aryl methyl sites for hydroxylation is 1. The van der Waals surface area contributed by atoms with Crippen molar-refractivity contribution in [3.05, 3.63) is 24.0 Å². The zero-order valence-electron chi connectivity index (χ0n) is 11.3. The van der Waals surface area contributed by atoms with Gasteiger partial charge in [0, 0.05) is 38.9 Å². The average molecular weight is 263 g/mol. The molecule has 5 nitrogen and oxygen atoms in total. The number of carbonyl (C=O) groups is 1. The fraction of sp³-hybridized carbons (Fsp3) is 0.643. The third-order valence-corrected chi connectivity index (χ3v) is 3.90. The van der Waals surface area contributed by atoms with E-state index >= 15 is 0 Å². The topological polar surface area (TPSA) is 46.5 Å². The van der Waals surface area contributed by atoms with Gasteiger partial charge in [0.25, 0.3) is 5.91 Å². The molecule has 1 amide bonds. The van der Waals surface area contributed by atoms with Crippen LogP contribution < -0.4 is 5.32 Å². The molecule has 2 fully saturated rings. The quantitative estimate of drug-likeness (QED) is 0.866. The maximum Gasteiger partial charge on any atom is 0.267 e. The van der Waals surface area contributed by atoms with Crippen LogP contribution in [-0.4, -0.2) is 53.8 Å². The van der Waals surface area contributed by atoms with Crippen LogP contribution in [0.1, 0.15) is 23.3 Å². The summed E-state index contributed by atoms with van der Waals surface area (Å²) in [6, 6.07) is 4.48. The van der Waals surface area contributed by atoms with Crippen molar-refractivity contribution in [2.24, 2.45) is 7.05 Å². The summed E-state index contributed by atoms with van der Waals surface area (Å²) in [7, 11) is 1.88. The van der Waals surface area contributed by atoms with E-state index in [2.05, 4.69) is 10.2 Å². The molecule has 1 aliphatic heterocycles. The van der Waals surface area contributed by atoms with Crippen LogP contribution in [0.2, 0.25) is 0 Å². The molecule has 3 rings (SSSR count). The number of hydrogen-bond acceptors (Lipinski definition) is 3. The van der Waals surface area contributed by atoms with Crippen molar-refractivity contribution in [2.75, 3.05) is 26.2 Å². The fourth-order valence-corrected chi connectivity index (χ4v) is 2.63. The molecular weight excluding hydrogens is 242 g/mol. The molecule has 0 unspecified atom stereocenters. The van der Waals surface area contributed by atoms with Crippen molar-refractivity contribution in [3.8, 4) is 0 Å². The molecule has 0 aromatic carbocycles. The van der Waals surface area contributed by atoms with E-state index < -0.39 is 0 Å². The van der Waals surface area contributed by atoms with Gasteiger partial charge in [0.05, 0.1) is 12.7 Å². The van der Waals surface area contributed by atoms with Gasteiger partial charge in [0.1, 0.15) is 5.69 Å². The van der Waals surface area contributed by atoms with Crippen LogP contribution >= 0.6 is 0 Å². The normalized spacial score (nSPS) is 24.4. The van der Waals surface area contributed by atoms with Crippen LogP contribution in [0.4, 0.5) is 0 Å². The lowest BCUT2D eigenvalue weighted by Gasteiger charge is -2.33. The number of ether oxygens (including phenoxy) is 1. The Bertz CT molecular complexity index is 453. The smallest absolute Gasteiger partial charge is 0.267 e. The van der Waals surface area contributed by atoms with Gasteiger partial charge < -0.3 is 14.6 Å². The molecule has 1 N–H and O–H groups in total. The molecule has 1 aromatic heterocycles. The monoisotopic (exact) mass is 263 g/mol. The fourth-order valence-electron chi connectivity index (χ4n) is 2.63. The molecule has 1 aromatic rings. The minimum Gasteiger partial charge on any atom is -0.374 e. The highest BCUT2D eigenvalue weighted by molar-refractivity contribution is 5.92. The molecule has 0 radical (unpaired) electrons. The van der Waals surface area contributed by atoms with Gasteiger partial charge in [0.15, 0.2) is 0 Å². The van der Waals surface area contributed by atoms with E-state index in [4.69, 9.17) is 4.74 Å². The van der Waals surface area contributed by atoms with E-state index in [1.807, 2.05) is 29.9 Å². The minimum absolute atomic E-state index is 0.0281. The summed E-state index contributed by atoms with van der Waals surface area (Å²) in [6.45, 7) is 3.35. The molecule has 1 saturated heterocycles. The number of hydrogen-bond donors (Lipinski definition) is 1. The number of nitrogens with one attached hydrogen (secondary N) is 1. The van der Waals surface area contributed by atoms with E-state index in [0.717, 1.165) is 25.7 Å². The van der Waals surface area contributed by atoms with Crippen molar-refractivity contribution < 1.29 is 9.53 Å². The van der Waals surface area contributed by atoms with E-state index in [9.17, 15) is 4.79 Å². The van der Waals surface area contributed by atoms with Gasteiger partial charge in [-0.15, -0.1) is 0 Å². The number of nitrogens with zero attached hydrogens (tertiary/aromatic N) is 2. The highest BCUT2D eigenvalue weighted by atomic mass is 16.5. The number of morpholine rings is 1. The third kappa shape index (κ3) is 2.98. The molecule has 104 valence electrons. The minimum atomic E-state index is -0.0281. The van der Waals surface area contributed by atoms with E-state index in [1.54, 1.807) is 0 Å². The van der Waals surface area contributed by atoms with Crippen molar-refractivity contribution in [1.82, 2.24) is 14.8 Å².